The van der Waals surface area contributed by atoms with Gasteiger partial charge in [-0.15, -0.1) is 0 Å². The molecule has 2 aromatic heterocycles. The molecule has 0 amide bonds. The summed E-state index contributed by atoms with van der Waals surface area (Å²) in [5, 5.41) is 3.51. The molecule has 5 rings (SSSR count). The smallest absolute Gasteiger partial charge is 0.319 e. The van der Waals surface area contributed by atoms with Crippen molar-refractivity contribution in [2.45, 2.75) is 49.9 Å². The molecule has 2 aliphatic heterocycles. The van der Waals surface area contributed by atoms with E-state index in [0.717, 1.165) is 32.2 Å². The van der Waals surface area contributed by atoms with Gasteiger partial charge in [-0.2, -0.15) is 9.97 Å². The van der Waals surface area contributed by atoms with E-state index in [0.29, 0.717) is 36.8 Å². The summed E-state index contributed by atoms with van der Waals surface area (Å²) in [6, 6.07) is 0.399. The van der Waals surface area contributed by atoms with Gasteiger partial charge in [0.25, 0.3) is 0 Å². The Morgan fingerprint density at radius 2 is 2.22 bits per heavy atom. The minimum absolute atomic E-state index is 0.0790. The molecular formula is C18H20ClF2N5O. The molecule has 27 heavy (non-hydrogen) atoms. The molecule has 0 unspecified atom stereocenters. The lowest BCUT2D eigenvalue weighted by molar-refractivity contribution is 0.107. The van der Waals surface area contributed by atoms with Gasteiger partial charge in [-0.25, -0.2) is 13.8 Å². The molecule has 2 aromatic rings. The second-order valence-electron chi connectivity index (χ2n) is 7.76. The van der Waals surface area contributed by atoms with Gasteiger partial charge in [0.1, 0.15) is 24.1 Å². The fourth-order valence-electron chi connectivity index (χ4n) is 4.26. The lowest BCUT2D eigenvalue weighted by Crippen LogP contribution is -2.43. The van der Waals surface area contributed by atoms with Gasteiger partial charge in [-0.1, -0.05) is 11.6 Å². The number of alkyl halides is 1. The van der Waals surface area contributed by atoms with Crippen molar-refractivity contribution in [1.82, 2.24) is 19.9 Å². The zero-order valence-electron chi connectivity index (χ0n) is 14.7. The van der Waals surface area contributed by atoms with Crippen molar-refractivity contribution in [2.75, 3.05) is 25.0 Å². The van der Waals surface area contributed by atoms with Crippen molar-refractivity contribution >= 4 is 28.3 Å². The van der Waals surface area contributed by atoms with Crippen LogP contribution in [0.5, 0.6) is 6.01 Å². The largest absolute Gasteiger partial charge is 0.461 e. The summed E-state index contributed by atoms with van der Waals surface area (Å²) in [6.07, 6.45) is 5.09. The maximum absolute atomic E-state index is 14.5. The van der Waals surface area contributed by atoms with E-state index in [9.17, 15) is 8.78 Å². The zero-order valence-corrected chi connectivity index (χ0v) is 15.5. The number of aromatic nitrogens is 3. The van der Waals surface area contributed by atoms with Crippen molar-refractivity contribution in [2.24, 2.45) is 0 Å². The molecule has 6 nitrogen and oxygen atoms in total. The number of nitrogens with one attached hydrogen (secondary N) is 1. The number of rotatable bonds is 5. The Kier molecular flexibility index (Phi) is 4.09. The summed E-state index contributed by atoms with van der Waals surface area (Å²) in [5.41, 5.74) is -0.227. The van der Waals surface area contributed by atoms with E-state index >= 15 is 0 Å². The SMILES string of the molecule is Fc1c(Cl)ncc2c(NC3CC3)nc(OC[C@@]34CCCN3C[C@H](F)C4)nc12. The first-order chi connectivity index (χ1) is 13.0. The topological polar surface area (TPSA) is 63.2 Å². The van der Waals surface area contributed by atoms with E-state index in [-0.39, 0.29) is 22.2 Å². The van der Waals surface area contributed by atoms with Gasteiger partial charge in [0.2, 0.25) is 0 Å². The molecule has 1 N–H and O–H groups in total. The van der Waals surface area contributed by atoms with Crippen molar-refractivity contribution in [3.63, 3.8) is 0 Å². The molecule has 2 atom stereocenters. The highest BCUT2D eigenvalue weighted by molar-refractivity contribution is 6.30. The van der Waals surface area contributed by atoms with Crippen LogP contribution in [0.2, 0.25) is 5.15 Å². The van der Waals surface area contributed by atoms with Crippen LogP contribution in [0.4, 0.5) is 14.6 Å². The minimum atomic E-state index is -0.833. The number of anilines is 1. The Bertz CT molecular complexity index is 896. The normalized spacial score (nSPS) is 27.9. The molecule has 9 heteroatoms. The van der Waals surface area contributed by atoms with Crippen LogP contribution >= 0.6 is 11.6 Å². The number of halogens is 3. The highest BCUT2D eigenvalue weighted by Crippen LogP contribution is 2.40. The predicted octanol–water partition coefficient (Wildman–Crippen LogP) is 3.35. The van der Waals surface area contributed by atoms with E-state index in [1.165, 1.54) is 6.20 Å². The first-order valence-electron chi connectivity index (χ1n) is 9.34. The number of hydrogen-bond acceptors (Lipinski definition) is 6. The standard InChI is InChI=1S/C18H20ClF2N5O/c19-15-13(21)14-12(7-22-15)16(23-11-2-3-11)25-17(24-14)27-9-18-4-1-5-26(18)8-10(20)6-18/h7,10-11H,1-6,8-9H2,(H,23,24,25)/t10-,18+/m1/s1. The van der Waals surface area contributed by atoms with Crippen LogP contribution in [0.25, 0.3) is 10.9 Å². The van der Waals surface area contributed by atoms with Crippen LogP contribution in [0.3, 0.4) is 0 Å². The average Bonchev–Trinajstić information content (AvgIpc) is 3.29. The molecule has 4 heterocycles. The molecule has 3 fully saturated rings. The average molecular weight is 396 g/mol. The second-order valence-corrected chi connectivity index (χ2v) is 8.12. The molecule has 2 saturated heterocycles. The van der Waals surface area contributed by atoms with Crippen LogP contribution in [0.15, 0.2) is 6.20 Å². The van der Waals surface area contributed by atoms with Crippen LogP contribution in [0, 0.1) is 5.82 Å². The van der Waals surface area contributed by atoms with E-state index in [2.05, 4.69) is 25.2 Å². The van der Waals surface area contributed by atoms with Crippen molar-refractivity contribution in [3.8, 4) is 6.01 Å². The van der Waals surface area contributed by atoms with Crippen LogP contribution in [0.1, 0.15) is 32.1 Å². The lowest BCUT2D eigenvalue weighted by Gasteiger charge is -2.30. The van der Waals surface area contributed by atoms with Crippen LogP contribution in [-0.2, 0) is 0 Å². The van der Waals surface area contributed by atoms with Gasteiger partial charge >= 0.3 is 6.01 Å². The number of nitrogens with zero attached hydrogens (tertiary/aromatic N) is 4. The molecule has 1 saturated carbocycles. The third-order valence-electron chi connectivity index (χ3n) is 5.77. The van der Waals surface area contributed by atoms with E-state index in [1.807, 2.05) is 0 Å². The molecule has 0 aromatic carbocycles. The van der Waals surface area contributed by atoms with Crippen molar-refractivity contribution in [3.05, 3.63) is 17.2 Å². The molecule has 1 aliphatic carbocycles. The van der Waals surface area contributed by atoms with Crippen LogP contribution < -0.4 is 10.1 Å². The van der Waals surface area contributed by atoms with E-state index < -0.39 is 12.0 Å². The summed E-state index contributed by atoms with van der Waals surface area (Å²) < 4.78 is 34.3. The number of hydrogen-bond donors (Lipinski definition) is 1. The summed E-state index contributed by atoms with van der Waals surface area (Å²) in [6.45, 7) is 1.63. The van der Waals surface area contributed by atoms with Gasteiger partial charge in [-0.3, -0.25) is 4.90 Å². The molecule has 0 radical (unpaired) electrons. The third-order valence-corrected chi connectivity index (χ3v) is 6.03. The van der Waals surface area contributed by atoms with Gasteiger partial charge in [0, 0.05) is 25.2 Å². The quantitative estimate of drug-likeness (QED) is 0.783. The maximum Gasteiger partial charge on any atom is 0.319 e. The van der Waals surface area contributed by atoms with Gasteiger partial charge in [0.15, 0.2) is 11.0 Å². The lowest BCUT2D eigenvalue weighted by atomic mass is 9.95. The Morgan fingerprint density at radius 1 is 1.37 bits per heavy atom. The highest BCUT2D eigenvalue weighted by Gasteiger charge is 2.49. The van der Waals surface area contributed by atoms with Crippen LogP contribution in [-0.4, -0.2) is 57.3 Å². The summed E-state index contributed by atoms with van der Waals surface area (Å²) in [5.74, 6) is -0.193. The molecular weight excluding hydrogens is 376 g/mol. The first-order valence-corrected chi connectivity index (χ1v) is 9.72. The molecule has 3 aliphatic rings. The molecule has 0 spiro atoms. The van der Waals surface area contributed by atoms with Gasteiger partial charge in [-0.05, 0) is 32.2 Å². The monoisotopic (exact) mass is 395 g/mol. The van der Waals surface area contributed by atoms with Gasteiger partial charge in [0.05, 0.1) is 10.9 Å². The Hall–Kier alpha value is -1.80. The van der Waals surface area contributed by atoms with Crippen molar-refractivity contribution in [1.29, 1.82) is 0 Å². The van der Waals surface area contributed by atoms with E-state index in [4.69, 9.17) is 16.3 Å². The fourth-order valence-corrected chi connectivity index (χ4v) is 4.40. The molecule has 0 bridgehead atoms. The Morgan fingerprint density at radius 3 is 3.04 bits per heavy atom. The summed E-state index contributed by atoms with van der Waals surface area (Å²) >= 11 is 5.82. The predicted molar refractivity (Wildman–Crippen MR) is 97.5 cm³/mol. The number of pyridine rings is 1. The van der Waals surface area contributed by atoms with E-state index in [1.54, 1.807) is 0 Å². The maximum atomic E-state index is 14.5. The molecule has 144 valence electrons. The number of fused-ring (bicyclic) bond motifs is 2. The van der Waals surface area contributed by atoms with Crippen molar-refractivity contribution < 1.29 is 13.5 Å². The van der Waals surface area contributed by atoms with Gasteiger partial charge < -0.3 is 10.1 Å². The number of ether oxygens (including phenoxy) is 1. The Labute approximate surface area is 160 Å². The minimum Gasteiger partial charge on any atom is -0.461 e. The summed E-state index contributed by atoms with van der Waals surface area (Å²) in [4.78, 5) is 14.7. The Balaban J connectivity index is 1.46. The highest BCUT2D eigenvalue weighted by atomic mass is 35.5. The fraction of sp³-hybridized carbons (Fsp3) is 0.611. The summed E-state index contributed by atoms with van der Waals surface area (Å²) in [7, 11) is 0. The second kappa shape index (κ2) is 6.38. The third kappa shape index (κ3) is 3.08. The first kappa shape index (κ1) is 17.3. The zero-order chi connectivity index (χ0) is 18.6.